The number of rotatable bonds is 6. The second-order valence-electron chi connectivity index (χ2n) is 8.32. The molecule has 0 aromatic carbocycles. The minimum Gasteiger partial charge on any atom is -0.394 e. The van der Waals surface area contributed by atoms with Crippen molar-refractivity contribution >= 4 is 0 Å². The summed E-state index contributed by atoms with van der Waals surface area (Å²) >= 11 is 0. The molecule has 0 saturated carbocycles. The molecular weight excluding hydrogens is 456 g/mol. The highest BCUT2D eigenvalue weighted by Crippen LogP contribution is 2.32. The predicted molar refractivity (Wildman–Crippen MR) is 99.8 cm³/mol. The van der Waals surface area contributed by atoms with Gasteiger partial charge in [-0.05, 0) is 6.92 Å². The molecule has 33 heavy (non-hydrogen) atoms. The first-order valence-corrected chi connectivity index (χ1v) is 10.4. The molecule has 0 bridgehead atoms. The van der Waals surface area contributed by atoms with Gasteiger partial charge in [-0.3, -0.25) is 0 Å². The zero-order valence-electron chi connectivity index (χ0n) is 17.6. The molecule has 15 nitrogen and oxygen atoms in total. The maximum absolute atomic E-state index is 10.6. The van der Waals surface area contributed by atoms with Crippen molar-refractivity contribution in [2.45, 2.75) is 99.0 Å². The highest BCUT2D eigenvalue weighted by Gasteiger charge is 2.52. The Labute approximate surface area is 187 Å². The normalized spacial score (nSPS) is 53.7. The van der Waals surface area contributed by atoms with E-state index < -0.39 is 105 Å². The van der Waals surface area contributed by atoms with Crippen LogP contribution in [0.25, 0.3) is 0 Å². The van der Waals surface area contributed by atoms with E-state index in [1.165, 1.54) is 6.92 Å². The van der Waals surface area contributed by atoms with Crippen LogP contribution < -0.4 is 0 Å². The summed E-state index contributed by atoms with van der Waals surface area (Å²) in [5.41, 5.74) is 0. The molecule has 3 rings (SSSR count). The van der Waals surface area contributed by atoms with Gasteiger partial charge in [-0.25, -0.2) is 0 Å². The summed E-state index contributed by atoms with van der Waals surface area (Å²) in [6, 6.07) is 0. The standard InChI is InChI=1S/C18H32O15/c1-4-7(21)15(13(27)16(28)29-4)33-18-12(26)10(24)14(6(3-20)31-18)32-17-11(25)9(23)8(22)5(2-19)30-17/h4-28H,2-3H2,1H3/t4-,5+,6+,7-,8-,9-,10+,11+,12+,13+,14+,15+,16+,17-,18+/m0/s1. The summed E-state index contributed by atoms with van der Waals surface area (Å²) in [5, 5.41) is 100. The summed E-state index contributed by atoms with van der Waals surface area (Å²) in [6.07, 6.45) is -23.8. The van der Waals surface area contributed by atoms with Gasteiger partial charge in [-0.1, -0.05) is 0 Å². The maximum atomic E-state index is 10.6. The number of ether oxygens (including phenoxy) is 5. The number of hydrogen-bond donors (Lipinski definition) is 10. The maximum Gasteiger partial charge on any atom is 0.187 e. The van der Waals surface area contributed by atoms with Crippen LogP contribution in [0.2, 0.25) is 0 Å². The monoisotopic (exact) mass is 488 g/mol. The first kappa shape index (κ1) is 27.0. The van der Waals surface area contributed by atoms with Crippen molar-refractivity contribution in [1.29, 1.82) is 0 Å². The van der Waals surface area contributed by atoms with Gasteiger partial charge in [-0.15, -0.1) is 0 Å². The molecule has 0 amide bonds. The molecule has 3 aliphatic rings. The first-order valence-electron chi connectivity index (χ1n) is 10.4. The van der Waals surface area contributed by atoms with E-state index in [0.29, 0.717) is 0 Å². The summed E-state index contributed by atoms with van der Waals surface area (Å²) in [6.45, 7) is -0.107. The molecule has 194 valence electrons. The van der Waals surface area contributed by atoms with Crippen molar-refractivity contribution in [3.05, 3.63) is 0 Å². The van der Waals surface area contributed by atoms with Crippen LogP contribution in [0.1, 0.15) is 6.92 Å². The van der Waals surface area contributed by atoms with E-state index in [1.54, 1.807) is 0 Å². The Balaban J connectivity index is 1.71. The lowest BCUT2D eigenvalue weighted by Crippen LogP contribution is -2.66. The third-order valence-electron chi connectivity index (χ3n) is 6.05. The molecule has 3 saturated heterocycles. The highest BCUT2D eigenvalue weighted by atomic mass is 16.7. The zero-order valence-corrected chi connectivity index (χ0v) is 17.6. The van der Waals surface area contributed by atoms with Crippen molar-refractivity contribution in [2.24, 2.45) is 0 Å². The summed E-state index contributed by atoms with van der Waals surface area (Å²) in [4.78, 5) is 0. The van der Waals surface area contributed by atoms with Gasteiger partial charge < -0.3 is 74.7 Å². The van der Waals surface area contributed by atoms with Crippen LogP contribution in [0.5, 0.6) is 0 Å². The third-order valence-corrected chi connectivity index (χ3v) is 6.05. The van der Waals surface area contributed by atoms with Gasteiger partial charge in [0.1, 0.15) is 67.1 Å². The Morgan fingerprint density at radius 3 is 1.64 bits per heavy atom. The average molecular weight is 488 g/mol. The van der Waals surface area contributed by atoms with Crippen molar-refractivity contribution < 1.29 is 74.7 Å². The Bertz CT molecular complexity index is 608. The minimum absolute atomic E-state index is 0.726. The molecule has 0 radical (unpaired) electrons. The lowest BCUT2D eigenvalue weighted by Gasteiger charge is -2.47. The van der Waals surface area contributed by atoms with E-state index >= 15 is 0 Å². The average Bonchev–Trinajstić information content (AvgIpc) is 2.79. The lowest BCUT2D eigenvalue weighted by molar-refractivity contribution is -0.377. The highest BCUT2D eigenvalue weighted by molar-refractivity contribution is 4.95. The predicted octanol–water partition coefficient (Wildman–Crippen LogP) is -6.55. The van der Waals surface area contributed by atoms with Crippen molar-refractivity contribution in [3.8, 4) is 0 Å². The van der Waals surface area contributed by atoms with Crippen LogP contribution >= 0.6 is 0 Å². The van der Waals surface area contributed by atoms with E-state index in [1.807, 2.05) is 0 Å². The van der Waals surface area contributed by atoms with Crippen LogP contribution in [-0.2, 0) is 23.7 Å². The molecule has 0 spiro atoms. The quantitative estimate of drug-likeness (QED) is 0.167. The molecule has 0 unspecified atom stereocenters. The largest absolute Gasteiger partial charge is 0.394 e. The van der Waals surface area contributed by atoms with Crippen molar-refractivity contribution in [1.82, 2.24) is 0 Å². The molecule has 0 aromatic rings. The fourth-order valence-electron chi connectivity index (χ4n) is 4.00. The van der Waals surface area contributed by atoms with Crippen LogP contribution in [-0.4, -0.2) is 156 Å². The second kappa shape index (κ2) is 11.0. The fraction of sp³-hybridized carbons (Fsp3) is 1.00. The van der Waals surface area contributed by atoms with Crippen molar-refractivity contribution in [3.63, 3.8) is 0 Å². The third kappa shape index (κ3) is 5.32. The molecular formula is C18H32O15. The van der Waals surface area contributed by atoms with Gasteiger partial charge in [-0.2, -0.15) is 0 Å². The summed E-state index contributed by atoms with van der Waals surface area (Å²) in [5.74, 6) is 0. The minimum atomic E-state index is -1.86. The van der Waals surface area contributed by atoms with Crippen LogP contribution in [0.4, 0.5) is 0 Å². The Hall–Kier alpha value is -0.600. The summed E-state index contributed by atoms with van der Waals surface area (Å²) in [7, 11) is 0. The summed E-state index contributed by atoms with van der Waals surface area (Å²) < 4.78 is 26.4. The molecule has 15 atom stereocenters. The van der Waals surface area contributed by atoms with Gasteiger partial charge in [0, 0.05) is 0 Å². The Morgan fingerprint density at radius 1 is 0.545 bits per heavy atom. The molecule has 0 aliphatic carbocycles. The van der Waals surface area contributed by atoms with Gasteiger partial charge in [0.25, 0.3) is 0 Å². The molecule has 15 heteroatoms. The molecule has 3 fully saturated rings. The van der Waals surface area contributed by atoms with Gasteiger partial charge >= 0.3 is 0 Å². The van der Waals surface area contributed by atoms with E-state index in [2.05, 4.69) is 0 Å². The number of hydrogen-bond acceptors (Lipinski definition) is 15. The molecule has 10 N–H and O–H groups in total. The SMILES string of the molecule is C[C@@H]1O[C@@H](O)[C@H](O)[C@H](O[C@H]2O[C@H](CO)[C@@H](O[C@@H]3O[C@H](CO)[C@H](O)[C@H](O)[C@H]3O)[C@H](O)[C@H]2O)[C@H]1O. The topological polar surface area (TPSA) is 248 Å². The van der Waals surface area contributed by atoms with Crippen LogP contribution in [0, 0.1) is 0 Å². The van der Waals surface area contributed by atoms with E-state index in [4.69, 9.17) is 23.7 Å². The molecule has 3 aliphatic heterocycles. The van der Waals surface area contributed by atoms with Crippen LogP contribution in [0.15, 0.2) is 0 Å². The number of aliphatic hydroxyl groups excluding tert-OH is 10. The Morgan fingerprint density at radius 2 is 1.06 bits per heavy atom. The number of aliphatic hydroxyl groups is 10. The Kier molecular flexibility index (Phi) is 8.99. The van der Waals surface area contributed by atoms with E-state index in [-0.39, 0.29) is 0 Å². The van der Waals surface area contributed by atoms with E-state index in [9.17, 15) is 51.1 Å². The zero-order chi connectivity index (χ0) is 24.6. The molecule has 0 aromatic heterocycles. The van der Waals surface area contributed by atoms with Gasteiger partial charge in [0.05, 0.1) is 19.3 Å². The van der Waals surface area contributed by atoms with Gasteiger partial charge in [0.15, 0.2) is 18.9 Å². The van der Waals surface area contributed by atoms with Crippen LogP contribution in [0.3, 0.4) is 0 Å². The fourth-order valence-corrected chi connectivity index (χ4v) is 4.00. The first-order chi connectivity index (χ1) is 15.5. The van der Waals surface area contributed by atoms with Crippen molar-refractivity contribution in [2.75, 3.05) is 13.2 Å². The smallest absolute Gasteiger partial charge is 0.187 e. The van der Waals surface area contributed by atoms with Gasteiger partial charge in [0.2, 0.25) is 0 Å². The van der Waals surface area contributed by atoms with E-state index in [0.717, 1.165) is 0 Å². The molecule has 3 heterocycles. The second-order valence-corrected chi connectivity index (χ2v) is 8.32. The lowest BCUT2D eigenvalue weighted by atomic mass is 9.96.